The fraction of sp³-hybridized carbons (Fsp3) is 0.474. The Balaban J connectivity index is 2.13. The van der Waals surface area contributed by atoms with Crippen molar-refractivity contribution in [2.45, 2.75) is 58.4 Å². The number of aryl methyl sites for hydroxylation is 2. The number of carbonyl (C=O) groups excluding carboxylic acids is 1. The lowest BCUT2D eigenvalue weighted by Gasteiger charge is -2.14. The molecule has 1 saturated carbocycles. The molecule has 2 rings (SSSR count). The van der Waals surface area contributed by atoms with Gasteiger partial charge in [0.05, 0.1) is 0 Å². The normalized spacial score (nSPS) is 15.3. The monoisotopic (exact) mass is 311 g/mol. The average Bonchev–Trinajstić information content (AvgIpc) is 3.09. The second-order valence-corrected chi connectivity index (χ2v) is 5.93. The maximum atomic E-state index is 12.4. The molecule has 23 heavy (non-hydrogen) atoms. The molecule has 1 aromatic carbocycles. The number of benzene rings is 1. The molecule has 1 aliphatic rings. The molecule has 1 aromatic rings. The summed E-state index contributed by atoms with van der Waals surface area (Å²) in [5.74, 6) is -0.339. The molecular formula is C19H25N3O. The van der Waals surface area contributed by atoms with Crippen LogP contribution in [0.4, 0.5) is 5.69 Å². The summed E-state index contributed by atoms with van der Waals surface area (Å²) in [7, 11) is 0. The van der Waals surface area contributed by atoms with E-state index in [9.17, 15) is 10.1 Å². The van der Waals surface area contributed by atoms with Gasteiger partial charge in [-0.3, -0.25) is 4.79 Å². The first-order chi connectivity index (χ1) is 11.2. The van der Waals surface area contributed by atoms with Crippen LogP contribution in [0, 0.1) is 11.3 Å². The van der Waals surface area contributed by atoms with Crippen LogP contribution in [-0.2, 0) is 17.6 Å². The van der Waals surface area contributed by atoms with E-state index in [0.717, 1.165) is 42.5 Å². The molecule has 0 aliphatic heterocycles. The molecule has 2 N–H and O–H groups in total. The average molecular weight is 311 g/mol. The summed E-state index contributed by atoms with van der Waals surface area (Å²) in [4.78, 5) is 12.4. The fourth-order valence-corrected chi connectivity index (χ4v) is 3.03. The Labute approximate surface area is 138 Å². The minimum Gasteiger partial charge on any atom is -0.387 e. The number of nitriles is 1. The van der Waals surface area contributed by atoms with Crippen LogP contribution < -0.4 is 10.6 Å². The van der Waals surface area contributed by atoms with Crippen molar-refractivity contribution in [1.29, 1.82) is 5.26 Å². The van der Waals surface area contributed by atoms with E-state index in [1.165, 1.54) is 12.8 Å². The second-order valence-electron chi connectivity index (χ2n) is 5.93. The van der Waals surface area contributed by atoms with E-state index in [1.54, 1.807) is 6.20 Å². The van der Waals surface area contributed by atoms with Gasteiger partial charge in [0.25, 0.3) is 5.91 Å². The van der Waals surface area contributed by atoms with E-state index in [1.807, 2.05) is 24.3 Å². The Morgan fingerprint density at radius 2 is 1.87 bits per heavy atom. The van der Waals surface area contributed by atoms with Crippen LogP contribution in [0.5, 0.6) is 0 Å². The van der Waals surface area contributed by atoms with E-state index in [2.05, 4.69) is 24.5 Å². The lowest BCUT2D eigenvalue weighted by molar-refractivity contribution is -0.112. The number of hydrogen-bond donors (Lipinski definition) is 2. The zero-order valence-corrected chi connectivity index (χ0v) is 14.0. The zero-order chi connectivity index (χ0) is 16.7. The van der Waals surface area contributed by atoms with Gasteiger partial charge >= 0.3 is 0 Å². The molecule has 1 amide bonds. The van der Waals surface area contributed by atoms with Crippen molar-refractivity contribution in [2.75, 3.05) is 5.32 Å². The van der Waals surface area contributed by atoms with Gasteiger partial charge < -0.3 is 10.6 Å². The van der Waals surface area contributed by atoms with Crippen LogP contribution >= 0.6 is 0 Å². The number of anilines is 1. The summed E-state index contributed by atoms with van der Waals surface area (Å²) in [6, 6.07) is 8.44. The number of hydrogen-bond acceptors (Lipinski definition) is 3. The van der Waals surface area contributed by atoms with Crippen molar-refractivity contribution in [3.05, 3.63) is 41.1 Å². The molecule has 1 aliphatic carbocycles. The van der Waals surface area contributed by atoms with E-state index in [4.69, 9.17) is 0 Å². The molecule has 4 heteroatoms. The minimum absolute atomic E-state index is 0.129. The van der Waals surface area contributed by atoms with Crippen LogP contribution in [-0.4, -0.2) is 11.9 Å². The molecule has 0 radical (unpaired) electrons. The van der Waals surface area contributed by atoms with Gasteiger partial charge in [0.15, 0.2) is 0 Å². The van der Waals surface area contributed by atoms with Crippen LogP contribution in [0.25, 0.3) is 0 Å². The van der Waals surface area contributed by atoms with Crippen molar-refractivity contribution in [3.63, 3.8) is 0 Å². The highest BCUT2D eigenvalue weighted by Crippen LogP contribution is 2.23. The zero-order valence-electron chi connectivity index (χ0n) is 14.0. The third kappa shape index (κ3) is 4.35. The molecule has 0 bridgehead atoms. The van der Waals surface area contributed by atoms with Gasteiger partial charge in [-0.15, -0.1) is 0 Å². The first-order valence-electron chi connectivity index (χ1n) is 8.48. The van der Waals surface area contributed by atoms with Crippen molar-refractivity contribution in [3.8, 4) is 6.07 Å². The highest BCUT2D eigenvalue weighted by atomic mass is 16.1. The van der Waals surface area contributed by atoms with Gasteiger partial charge in [0.2, 0.25) is 0 Å². The lowest BCUT2D eigenvalue weighted by atomic mass is 10.0. The number of para-hydroxylation sites is 1. The third-order valence-corrected chi connectivity index (χ3v) is 4.42. The van der Waals surface area contributed by atoms with Crippen LogP contribution in [0.1, 0.15) is 50.7 Å². The predicted octanol–water partition coefficient (Wildman–Crippen LogP) is 3.69. The quantitative estimate of drug-likeness (QED) is 0.622. The smallest absolute Gasteiger partial charge is 0.267 e. The summed E-state index contributed by atoms with van der Waals surface area (Å²) in [6.45, 7) is 4.13. The SMILES string of the molecule is CCc1cccc(CC)c1NC(=O)/C(C#N)=C\NC1CCCC1. The van der Waals surface area contributed by atoms with Crippen molar-refractivity contribution in [1.82, 2.24) is 5.32 Å². The van der Waals surface area contributed by atoms with Gasteiger partial charge in [-0.2, -0.15) is 5.26 Å². The predicted molar refractivity (Wildman–Crippen MR) is 92.9 cm³/mol. The molecule has 122 valence electrons. The van der Waals surface area contributed by atoms with Crippen LogP contribution in [0.3, 0.4) is 0 Å². The van der Waals surface area contributed by atoms with E-state index in [0.29, 0.717) is 6.04 Å². The number of rotatable bonds is 6. The van der Waals surface area contributed by atoms with Crippen LogP contribution in [0.15, 0.2) is 30.0 Å². The first-order valence-corrected chi connectivity index (χ1v) is 8.48. The maximum absolute atomic E-state index is 12.4. The second kappa shape index (κ2) is 8.38. The van der Waals surface area contributed by atoms with E-state index in [-0.39, 0.29) is 11.5 Å². The standard InChI is InChI=1S/C19H25N3O/c1-3-14-8-7-9-15(4-2)18(14)22-19(23)16(12-20)13-21-17-10-5-6-11-17/h7-9,13,17,21H,3-6,10-11H2,1-2H3,(H,22,23)/b16-13-. The Kier molecular flexibility index (Phi) is 6.22. The third-order valence-electron chi connectivity index (χ3n) is 4.42. The maximum Gasteiger partial charge on any atom is 0.267 e. The number of nitrogens with one attached hydrogen (secondary N) is 2. The van der Waals surface area contributed by atoms with Gasteiger partial charge in [-0.05, 0) is 36.8 Å². The summed E-state index contributed by atoms with van der Waals surface area (Å²) in [5.41, 5.74) is 3.17. The largest absolute Gasteiger partial charge is 0.387 e. The topological polar surface area (TPSA) is 64.9 Å². The molecular weight excluding hydrogens is 286 g/mol. The molecule has 0 saturated heterocycles. The lowest BCUT2D eigenvalue weighted by Crippen LogP contribution is -2.23. The van der Waals surface area contributed by atoms with Crippen molar-refractivity contribution in [2.24, 2.45) is 0 Å². The number of amides is 1. The van der Waals surface area contributed by atoms with Crippen LogP contribution in [0.2, 0.25) is 0 Å². The fourth-order valence-electron chi connectivity index (χ4n) is 3.03. The molecule has 1 fully saturated rings. The first kappa shape index (κ1) is 17.1. The highest BCUT2D eigenvalue weighted by Gasteiger charge is 2.16. The number of nitrogens with zero attached hydrogens (tertiary/aromatic N) is 1. The summed E-state index contributed by atoms with van der Waals surface area (Å²) >= 11 is 0. The van der Waals surface area contributed by atoms with Gasteiger partial charge in [0.1, 0.15) is 11.6 Å². The molecule has 0 heterocycles. The van der Waals surface area contributed by atoms with Crippen molar-refractivity contribution < 1.29 is 4.79 Å². The minimum atomic E-state index is -0.339. The summed E-state index contributed by atoms with van der Waals surface area (Å²) in [5, 5.41) is 15.4. The molecule has 0 atom stereocenters. The highest BCUT2D eigenvalue weighted by molar-refractivity contribution is 6.07. The number of carbonyl (C=O) groups is 1. The van der Waals surface area contributed by atoms with Gasteiger partial charge in [0, 0.05) is 17.9 Å². The Morgan fingerprint density at radius 1 is 1.26 bits per heavy atom. The molecule has 4 nitrogen and oxygen atoms in total. The molecule has 0 spiro atoms. The Morgan fingerprint density at radius 3 is 2.39 bits per heavy atom. The van der Waals surface area contributed by atoms with Gasteiger partial charge in [-0.25, -0.2) is 0 Å². The van der Waals surface area contributed by atoms with E-state index < -0.39 is 0 Å². The molecule has 0 unspecified atom stereocenters. The summed E-state index contributed by atoms with van der Waals surface area (Å²) in [6.07, 6.45) is 7.90. The Hall–Kier alpha value is -2.28. The molecule has 0 aromatic heterocycles. The summed E-state index contributed by atoms with van der Waals surface area (Å²) < 4.78 is 0. The Bertz CT molecular complexity index is 600. The van der Waals surface area contributed by atoms with Crippen molar-refractivity contribution >= 4 is 11.6 Å². The van der Waals surface area contributed by atoms with E-state index >= 15 is 0 Å². The van der Waals surface area contributed by atoms with Gasteiger partial charge in [-0.1, -0.05) is 44.9 Å².